The van der Waals surface area contributed by atoms with Gasteiger partial charge in [0.1, 0.15) is 23.9 Å². The van der Waals surface area contributed by atoms with Gasteiger partial charge in [-0.05, 0) is 48.5 Å². The summed E-state index contributed by atoms with van der Waals surface area (Å²) in [4.78, 5) is 12.2. The van der Waals surface area contributed by atoms with Gasteiger partial charge in [-0.25, -0.2) is 0 Å². The molecule has 1 N–H and O–H groups in total. The van der Waals surface area contributed by atoms with E-state index in [9.17, 15) is 4.79 Å². The second kappa shape index (κ2) is 9.43. The van der Waals surface area contributed by atoms with Gasteiger partial charge < -0.3 is 14.8 Å². The lowest BCUT2D eigenvalue weighted by Crippen LogP contribution is -2.14. The van der Waals surface area contributed by atoms with Crippen molar-refractivity contribution in [1.82, 2.24) is 14.8 Å². The van der Waals surface area contributed by atoms with E-state index in [0.29, 0.717) is 16.6 Å². The molecule has 0 spiro atoms. The molecule has 3 rings (SSSR count). The number of rotatable bonds is 8. The Balaban J connectivity index is 1.56. The molecule has 1 heterocycles. The van der Waals surface area contributed by atoms with Crippen molar-refractivity contribution >= 4 is 23.4 Å². The van der Waals surface area contributed by atoms with Crippen molar-refractivity contribution in [2.75, 3.05) is 24.8 Å². The van der Waals surface area contributed by atoms with Crippen molar-refractivity contribution in [2.45, 2.75) is 5.16 Å². The fraction of sp³-hybridized carbons (Fsp3) is 0.158. The maximum atomic E-state index is 12.2. The second-order valence-corrected chi connectivity index (χ2v) is 6.43. The molecule has 0 radical (unpaired) electrons. The van der Waals surface area contributed by atoms with Crippen molar-refractivity contribution < 1.29 is 14.3 Å². The summed E-state index contributed by atoms with van der Waals surface area (Å²) >= 11 is 1.29. The molecule has 0 aliphatic rings. The summed E-state index contributed by atoms with van der Waals surface area (Å²) in [6.07, 6.45) is 1.60. The lowest BCUT2D eigenvalue weighted by Gasteiger charge is -2.08. The van der Waals surface area contributed by atoms with Crippen LogP contribution in [-0.4, -0.2) is 40.1 Å². The monoisotopic (exact) mass is 395 g/mol. The zero-order valence-corrected chi connectivity index (χ0v) is 15.8. The number of hydrogen-bond acceptors (Lipinski definition) is 7. The van der Waals surface area contributed by atoms with E-state index in [1.54, 1.807) is 42.3 Å². The lowest BCUT2D eigenvalue weighted by atomic mass is 10.3. The van der Waals surface area contributed by atoms with Gasteiger partial charge >= 0.3 is 0 Å². The molecule has 0 bridgehead atoms. The highest BCUT2D eigenvalue weighted by Crippen LogP contribution is 2.22. The third-order valence-corrected chi connectivity index (χ3v) is 4.58. The van der Waals surface area contributed by atoms with Gasteiger partial charge in [0.25, 0.3) is 0 Å². The topological polar surface area (TPSA) is 102 Å². The molecular weight excluding hydrogens is 378 g/mol. The minimum atomic E-state index is -0.167. The Bertz CT molecular complexity index is 964. The summed E-state index contributed by atoms with van der Waals surface area (Å²) in [6.45, 7) is -0.0166. The van der Waals surface area contributed by atoms with Crippen molar-refractivity contribution in [3.63, 3.8) is 0 Å². The van der Waals surface area contributed by atoms with Crippen LogP contribution in [0.3, 0.4) is 0 Å². The molecule has 142 valence electrons. The first-order valence-corrected chi connectivity index (χ1v) is 9.25. The Morgan fingerprint density at radius 1 is 1.18 bits per heavy atom. The number of nitrogens with one attached hydrogen (secondary N) is 1. The van der Waals surface area contributed by atoms with Gasteiger partial charge in [-0.3, -0.25) is 9.36 Å². The number of nitrogens with zero attached hydrogens (tertiary/aromatic N) is 4. The Labute approximate surface area is 166 Å². The maximum absolute atomic E-state index is 12.2. The molecule has 0 aliphatic carbocycles. The summed E-state index contributed by atoms with van der Waals surface area (Å²) in [5.74, 6) is 1.34. The Morgan fingerprint density at radius 3 is 2.57 bits per heavy atom. The van der Waals surface area contributed by atoms with Crippen LogP contribution < -0.4 is 14.8 Å². The number of thioether (sulfide) groups is 1. The molecule has 9 heteroatoms. The lowest BCUT2D eigenvalue weighted by molar-refractivity contribution is -0.113. The Kier molecular flexibility index (Phi) is 6.49. The van der Waals surface area contributed by atoms with Crippen LogP contribution in [0.4, 0.5) is 5.69 Å². The van der Waals surface area contributed by atoms with E-state index in [4.69, 9.17) is 14.7 Å². The van der Waals surface area contributed by atoms with Crippen molar-refractivity contribution in [2.24, 2.45) is 0 Å². The summed E-state index contributed by atoms with van der Waals surface area (Å²) in [7, 11) is 1.61. The molecule has 0 atom stereocenters. The van der Waals surface area contributed by atoms with Crippen LogP contribution in [0.5, 0.6) is 11.5 Å². The summed E-state index contributed by atoms with van der Waals surface area (Å²) in [6, 6.07) is 16.2. The number of methoxy groups -OCH3 is 1. The molecule has 0 saturated carbocycles. The number of amides is 1. The zero-order valence-electron chi connectivity index (χ0n) is 15.0. The summed E-state index contributed by atoms with van der Waals surface area (Å²) < 4.78 is 12.1. The summed E-state index contributed by atoms with van der Waals surface area (Å²) in [5.41, 5.74) is 1.52. The van der Waals surface area contributed by atoms with Crippen LogP contribution in [0, 0.1) is 11.3 Å². The standard InChI is InChI=1S/C19H17N5O3S/c1-26-16-8-4-15(5-9-16)24-13-21-23-19(24)28-12-18(25)22-14-2-6-17(7-3-14)27-11-10-20/h2-9,13H,11-12H2,1H3,(H,22,25). The Hall–Kier alpha value is -3.51. The van der Waals surface area contributed by atoms with Crippen molar-refractivity contribution in [3.05, 3.63) is 54.9 Å². The van der Waals surface area contributed by atoms with Gasteiger partial charge in [-0.15, -0.1) is 10.2 Å². The smallest absolute Gasteiger partial charge is 0.234 e. The molecule has 1 amide bonds. The highest BCUT2D eigenvalue weighted by Gasteiger charge is 2.11. The first kappa shape index (κ1) is 19.3. The minimum absolute atomic E-state index is 0.0166. The SMILES string of the molecule is COc1ccc(-n2cnnc2SCC(=O)Nc2ccc(OCC#N)cc2)cc1. The van der Waals surface area contributed by atoms with E-state index in [0.717, 1.165) is 11.4 Å². The predicted molar refractivity (Wildman–Crippen MR) is 105 cm³/mol. The quantitative estimate of drug-likeness (QED) is 0.585. The number of aromatic nitrogens is 3. The van der Waals surface area contributed by atoms with E-state index < -0.39 is 0 Å². The molecule has 3 aromatic rings. The van der Waals surface area contributed by atoms with Gasteiger partial charge in [0.2, 0.25) is 5.91 Å². The van der Waals surface area contributed by atoms with Crippen LogP contribution >= 0.6 is 11.8 Å². The first-order valence-electron chi connectivity index (χ1n) is 8.26. The number of anilines is 1. The van der Waals surface area contributed by atoms with E-state index in [-0.39, 0.29) is 18.3 Å². The van der Waals surface area contributed by atoms with Crippen LogP contribution in [0.15, 0.2) is 60.0 Å². The van der Waals surface area contributed by atoms with Crippen LogP contribution in [0.2, 0.25) is 0 Å². The number of ether oxygens (including phenoxy) is 2. The normalized spacial score (nSPS) is 10.1. The Morgan fingerprint density at radius 2 is 1.89 bits per heavy atom. The molecule has 1 aromatic heterocycles. The average molecular weight is 395 g/mol. The number of nitriles is 1. The second-order valence-electron chi connectivity index (χ2n) is 5.49. The van der Waals surface area contributed by atoms with Gasteiger partial charge in [0.05, 0.1) is 12.9 Å². The fourth-order valence-electron chi connectivity index (χ4n) is 2.32. The third kappa shape index (κ3) is 5.02. The molecule has 0 fully saturated rings. The molecule has 0 aliphatic heterocycles. The highest BCUT2D eigenvalue weighted by molar-refractivity contribution is 7.99. The van der Waals surface area contributed by atoms with Crippen LogP contribution in [0.25, 0.3) is 5.69 Å². The van der Waals surface area contributed by atoms with E-state index in [1.165, 1.54) is 11.8 Å². The minimum Gasteiger partial charge on any atom is -0.497 e. The number of benzene rings is 2. The molecule has 0 unspecified atom stereocenters. The number of carbonyl (C=O) groups is 1. The fourth-order valence-corrected chi connectivity index (χ4v) is 3.05. The van der Waals surface area contributed by atoms with Gasteiger partial charge in [-0.1, -0.05) is 11.8 Å². The zero-order chi connectivity index (χ0) is 19.8. The van der Waals surface area contributed by atoms with E-state index in [2.05, 4.69) is 15.5 Å². The van der Waals surface area contributed by atoms with Crippen molar-refractivity contribution in [1.29, 1.82) is 5.26 Å². The van der Waals surface area contributed by atoms with Gasteiger partial charge in [0.15, 0.2) is 11.8 Å². The molecular formula is C19H17N5O3S. The van der Waals surface area contributed by atoms with Gasteiger partial charge in [-0.2, -0.15) is 5.26 Å². The number of carbonyl (C=O) groups excluding carboxylic acids is 1. The highest BCUT2D eigenvalue weighted by atomic mass is 32.2. The number of hydrogen-bond donors (Lipinski definition) is 1. The van der Waals surface area contributed by atoms with E-state index in [1.807, 2.05) is 30.3 Å². The molecule has 28 heavy (non-hydrogen) atoms. The van der Waals surface area contributed by atoms with Crippen LogP contribution in [0.1, 0.15) is 0 Å². The predicted octanol–water partition coefficient (Wildman–Crippen LogP) is 2.91. The summed E-state index contributed by atoms with van der Waals surface area (Å²) in [5, 5.41) is 19.9. The third-order valence-electron chi connectivity index (χ3n) is 3.64. The van der Waals surface area contributed by atoms with Crippen molar-refractivity contribution in [3.8, 4) is 23.3 Å². The van der Waals surface area contributed by atoms with Gasteiger partial charge in [0, 0.05) is 11.4 Å². The largest absolute Gasteiger partial charge is 0.497 e. The molecule has 0 saturated heterocycles. The van der Waals surface area contributed by atoms with E-state index >= 15 is 0 Å². The molecule has 2 aromatic carbocycles. The first-order chi connectivity index (χ1) is 13.7. The molecule has 8 nitrogen and oxygen atoms in total. The van der Waals surface area contributed by atoms with Crippen LogP contribution in [-0.2, 0) is 4.79 Å². The average Bonchev–Trinajstić information content (AvgIpc) is 3.20. The maximum Gasteiger partial charge on any atom is 0.234 e.